The van der Waals surface area contributed by atoms with Crippen LogP contribution < -0.4 is 15.4 Å². The van der Waals surface area contributed by atoms with Crippen LogP contribution in [0.4, 0.5) is 0 Å². The molecule has 5 nitrogen and oxygen atoms in total. The number of carbonyl (C=O) groups excluding carboxylic acids is 2. The molecule has 2 amide bonds. The van der Waals surface area contributed by atoms with E-state index in [0.29, 0.717) is 19.6 Å². The molecule has 3 aliphatic carbocycles. The van der Waals surface area contributed by atoms with Crippen LogP contribution in [-0.2, 0) is 4.79 Å². The van der Waals surface area contributed by atoms with Gasteiger partial charge in [0, 0.05) is 28.9 Å². The van der Waals surface area contributed by atoms with Gasteiger partial charge in [-0.25, -0.2) is 0 Å². The summed E-state index contributed by atoms with van der Waals surface area (Å²) in [6.45, 7) is 8.08. The molecule has 2 unspecified atom stereocenters. The van der Waals surface area contributed by atoms with Crippen molar-refractivity contribution in [2.45, 2.75) is 91.4 Å². The van der Waals surface area contributed by atoms with Crippen molar-refractivity contribution in [1.29, 1.82) is 0 Å². The Hall–Kier alpha value is -2.60. The summed E-state index contributed by atoms with van der Waals surface area (Å²) in [4.78, 5) is 27.4. The Bertz CT molecular complexity index is 1190. The summed E-state index contributed by atoms with van der Waals surface area (Å²) in [5.74, 6) is 3.53. The monoisotopic (exact) mass is 562 g/mol. The Labute approximate surface area is 244 Å². The van der Waals surface area contributed by atoms with Gasteiger partial charge in [-0.15, -0.1) is 11.3 Å². The number of rotatable bonds is 11. The molecule has 40 heavy (non-hydrogen) atoms. The molecule has 6 heteroatoms. The van der Waals surface area contributed by atoms with E-state index in [9.17, 15) is 9.59 Å². The zero-order valence-electron chi connectivity index (χ0n) is 24.5. The SMILES string of the molecule is Cc1sc(-c2ccc(OCCCCNC(=O)CC3(C)CC4CC(C)CC(C4)C3)cc2)cc1C(=O)NC=C1CCC1. The fourth-order valence-corrected chi connectivity index (χ4v) is 8.31. The predicted molar refractivity (Wildman–Crippen MR) is 164 cm³/mol. The van der Waals surface area contributed by atoms with E-state index in [2.05, 4.69) is 36.6 Å². The van der Waals surface area contributed by atoms with E-state index in [0.717, 1.165) is 70.1 Å². The van der Waals surface area contributed by atoms with Crippen LogP contribution >= 0.6 is 11.3 Å². The van der Waals surface area contributed by atoms with Crippen molar-refractivity contribution in [3.63, 3.8) is 0 Å². The number of fused-ring (bicyclic) bond motifs is 2. The third kappa shape index (κ3) is 7.57. The number of thiophene rings is 1. The van der Waals surface area contributed by atoms with Gasteiger partial charge in [-0.1, -0.05) is 19.4 Å². The Kier molecular flexibility index (Phi) is 9.34. The fourth-order valence-electron chi connectivity index (χ4n) is 7.28. The standard InChI is InChI=1S/C34H46N2O3S/c1-23-15-26-17-27(16-23)20-34(3,19-26)21-32(37)35-13-4-5-14-39-29-11-9-28(10-12-29)31-18-30(24(2)40-31)33(38)36-22-25-7-6-8-25/h9-12,18,22-23,26-27H,4-8,13-17,19-21H2,1-3H3,(H,35,37)(H,36,38). The van der Waals surface area contributed by atoms with Gasteiger partial charge in [-0.2, -0.15) is 0 Å². The van der Waals surface area contributed by atoms with Crippen molar-refractivity contribution < 1.29 is 14.3 Å². The molecule has 2 bridgehead atoms. The zero-order chi connectivity index (χ0) is 28.1. The molecule has 0 radical (unpaired) electrons. The molecule has 216 valence electrons. The molecule has 0 aliphatic heterocycles. The number of allylic oxidation sites excluding steroid dienone is 1. The number of nitrogens with one attached hydrogen (secondary N) is 2. The van der Waals surface area contributed by atoms with Crippen LogP contribution in [0.2, 0.25) is 0 Å². The van der Waals surface area contributed by atoms with E-state index in [1.54, 1.807) is 11.3 Å². The Morgan fingerprint density at radius 3 is 2.48 bits per heavy atom. The molecular weight excluding hydrogens is 516 g/mol. The molecule has 3 saturated carbocycles. The summed E-state index contributed by atoms with van der Waals surface area (Å²) in [5, 5.41) is 6.11. The molecule has 2 aromatic rings. The number of hydrogen-bond acceptors (Lipinski definition) is 4. The van der Waals surface area contributed by atoms with Crippen LogP contribution in [0.3, 0.4) is 0 Å². The summed E-state index contributed by atoms with van der Waals surface area (Å²) in [6.07, 6.45) is 14.3. The van der Waals surface area contributed by atoms with E-state index in [1.807, 2.05) is 31.3 Å². The highest BCUT2D eigenvalue weighted by atomic mass is 32.1. The first-order valence-corrected chi connectivity index (χ1v) is 16.2. The van der Waals surface area contributed by atoms with Gasteiger partial charge < -0.3 is 15.4 Å². The topological polar surface area (TPSA) is 67.4 Å². The number of benzene rings is 1. The Balaban J connectivity index is 0.994. The lowest BCUT2D eigenvalue weighted by Crippen LogP contribution is -2.39. The quantitative estimate of drug-likeness (QED) is 0.272. The van der Waals surface area contributed by atoms with Crippen LogP contribution in [-0.4, -0.2) is 25.0 Å². The maximum Gasteiger partial charge on any atom is 0.256 e. The van der Waals surface area contributed by atoms with Gasteiger partial charge >= 0.3 is 0 Å². The summed E-state index contributed by atoms with van der Waals surface area (Å²) in [7, 11) is 0. The molecule has 3 aliphatic rings. The summed E-state index contributed by atoms with van der Waals surface area (Å²) in [6, 6.07) is 10.1. The normalized spacial score (nSPS) is 25.6. The van der Waals surface area contributed by atoms with Crippen molar-refractivity contribution in [2.24, 2.45) is 23.2 Å². The van der Waals surface area contributed by atoms with Crippen molar-refractivity contribution in [2.75, 3.05) is 13.2 Å². The Morgan fingerprint density at radius 2 is 1.80 bits per heavy atom. The smallest absolute Gasteiger partial charge is 0.256 e. The zero-order valence-corrected chi connectivity index (χ0v) is 25.3. The van der Waals surface area contributed by atoms with Crippen molar-refractivity contribution in [3.8, 4) is 16.2 Å². The molecule has 2 atom stereocenters. The van der Waals surface area contributed by atoms with E-state index >= 15 is 0 Å². The highest BCUT2D eigenvalue weighted by molar-refractivity contribution is 7.15. The first kappa shape index (κ1) is 28.9. The lowest BCUT2D eigenvalue weighted by atomic mass is 9.58. The van der Waals surface area contributed by atoms with Crippen molar-refractivity contribution in [3.05, 3.63) is 52.5 Å². The maximum atomic E-state index is 12.7. The average Bonchev–Trinajstić information content (AvgIpc) is 3.26. The molecule has 5 rings (SSSR count). The molecule has 1 aromatic carbocycles. The van der Waals surface area contributed by atoms with Crippen molar-refractivity contribution in [1.82, 2.24) is 10.6 Å². The molecule has 0 saturated heterocycles. The number of unbranched alkanes of at least 4 members (excludes halogenated alkanes) is 1. The number of amides is 2. The number of hydrogen-bond donors (Lipinski definition) is 2. The number of carbonyl (C=O) groups is 2. The molecule has 0 spiro atoms. The third-order valence-corrected chi connectivity index (χ3v) is 10.3. The van der Waals surface area contributed by atoms with E-state index in [-0.39, 0.29) is 17.2 Å². The second-order valence-corrected chi connectivity index (χ2v) is 14.3. The maximum absolute atomic E-state index is 12.7. The van der Waals surface area contributed by atoms with E-state index in [4.69, 9.17) is 4.74 Å². The first-order valence-electron chi connectivity index (χ1n) is 15.4. The molecular formula is C34H46N2O3S. The number of ether oxygens (including phenoxy) is 1. The lowest BCUT2D eigenvalue weighted by Gasteiger charge is -2.47. The minimum Gasteiger partial charge on any atom is -0.494 e. The number of aryl methyl sites for hydroxylation is 1. The molecule has 1 heterocycles. The lowest BCUT2D eigenvalue weighted by molar-refractivity contribution is -0.124. The van der Waals surface area contributed by atoms with Crippen LogP contribution in [0.1, 0.15) is 99.7 Å². The van der Waals surface area contributed by atoms with E-state index in [1.165, 1.54) is 44.1 Å². The van der Waals surface area contributed by atoms with Gasteiger partial charge in [0.05, 0.1) is 12.2 Å². The van der Waals surface area contributed by atoms with Crippen LogP contribution in [0, 0.1) is 30.1 Å². The van der Waals surface area contributed by atoms with Gasteiger partial charge in [0.2, 0.25) is 5.91 Å². The third-order valence-electron chi connectivity index (χ3n) is 9.15. The van der Waals surface area contributed by atoms with E-state index < -0.39 is 0 Å². The first-order chi connectivity index (χ1) is 19.3. The molecule has 2 N–H and O–H groups in total. The van der Waals surface area contributed by atoms with Crippen LogP contribution in [0.15, 0.2) is 42.1 Å². The minimum absolute atomic E-state index is 0.0318. The van der Waals surface area contributed by atoms with Gasteiger partial charge in [-0.3, -0.25) is 9.59 Å². The largest absolute Gasteiger partial charge is 0.494 e. The highest BCUT2D eigenvalue weighted by Gasteiger charge is 2.41. The Morgan fingerprint density at radius 1 is 1.07 bits per heavy atom. The average molecular weight is 563 g/mol. The summed E-state index contributed by atoms with van der Waals surface area (Å²) < 4.78 is 5.95. The van der Waals surface area contributed by atoms with Gasteiger partial charge in [-0.05, 0) is 130 Å². The predicted octanol–water partition coefficient (Wildman–Crippen LogP) is 8.04. The molecule has 3 fully saturated rings. The fraction of sp³-hybridized carbons (Fsp3) is 0.588. The summed E-state index contributed by atoms with van der Waals surface area (Å²) in [5.41, 5.74) is 3.33. The van der Waals surface area contributed by atoms with Gasteiger partial charge in [0.15, 0.2) is 0 Å². The summed E-state index contributed by atoms with van der Waals surface area (Å²) >= 11 is 1.64. The second-order valence-electron chi connectivity index (χ2n) is 13.1. The minimum atomic E-state index is -0.0318. The van der Waals surface area contributed by atoms with Gasteiger partial charge in [0.1, 0.15) is 5.75 Å². The van der Waals surface area contributed by atoms with Gasteiger partial charge in [0.25, 0.3) is 5.91 Å². The highest BCUT2D eigenvalue weighted by Crippen LogP contribution is 2.51. The van der Waals surface area contributed by atoms with Crippen molar-refractivity contribution >= 4 is 23.2 Å². The van der Waals surface area contributed by atoms with Crippen LogP contribution in [0.5, 0.6) is 5.75 Å². The molecule has 1 aromatic heterocycles. The second kappa shape index (κ2) is 12.9. The van der Waals surface area contributed by atoms with Crippen LogP contribution in [0.25, 0.3) is 10.4 Å².